The summed E-state index contributed by atoms with van der Waals surface area (Å²) < 4.78 is 10.8. The van der Waals surface area contributed by atoms with E-state index < -0.39 is 5.97 Å². The third-order valence-corrected chi connectivity index (χ3v) is 6.68. The molecule has 2 aromatic rings. The number of ether oxygens (including phenoxy) is 1. The van der Waals surface area contributed by atoms with Gasteiger partial charge in [0, 0.05) is 25.2 Å². The Morgan fingerprint density at radius 1 is 1.26 bits per heavy atom. The van der Waals surface area contributed by atoms with Crippen LogP contribution in [0.15, 0.2) is 40.4 Å². The van der Waals surface area contributed by atoms with Gasteiger partial charge in [0.15, 0.2) is 11.5 Å². The smallest absolute Gasteiger partial charge is 0.360 e. The number of hydrazone groups is 1. The summed E-state index contributed by atoms with van der Waals surface area (Å²) in [6, 6.07) is 7.98. The molecule has 34 heavy (non-hydrogen) atoms. The van der Waals surface area contributed by atoms with Crippen LogP contribution >= 0.6 is 0 Å². The highest BCUT2D eigenvalue weighted by Gasteiger charge is 2.36. The molecule has 0 radical (unpaired) electrons. The molecule has 3 atom stereocenters. The van der Waals surface area contributed by atoms with Crippen LogP contribution in [0, 0.1) is 0 Å². The van der Waals surface area contributed by atoms with Crippen molar-refractivity contribution in [2.75, 3.05) is 18.7 Å². The number of methoxy groups -OCH3 is 1. The number of hydrogen-bond donors (Lipinski definition) is 0. The number of carbonyl (C=O) groups is 2. The van der Waals surface area contributed by atoms with E-state index in [1.54, 1.807) is 6.92 Å². The lowest BCUT2D eigenvalue weighted by Gasteiger charge is -2.37. The van der Waals surface area contributed by atoms with Crippen LogP contribution in [0.3, 0.4) is 0 Å². The van der Waals surface area contributed by atoms with Crippen LogP contribution in [0.2, 0.25) is 0 Å². The van der Waals surface area contributed by atoms with Crippen LogP contribution in [-0.2, 0) is 4.74 Å². The summed E-state index contributed by atoms with van der Waals surface area (Å²) in [5.41, 5.74) is 2.19. The van der Waals surface area contributed by atoms with Crippen molar-refractivity contribution in [2.24, 2.45) is 5.10 Å². The van der Waals surface area contributed by atoms with Crippen LogP contribution in [-0.4, -0.2) is 53.7 Å². The summed E-state index contributed by atoms with van der Waals surface area (Å²) in [5, 5.41) is 6.51. The number of likely N-dealkylation sites (tertiary alicyclic amines) is 1. The normalized spacial score (nSPS) is 22.2. The summed E-state index contributed by atoms with van der Waals surface area (Å²) in [5.74, 6) is 0.0464. The van der Waals surface area contributed by atoms with E-state index in [-0.39, 0.29) is 29.6 Å². The Morgan fingerprint density at radius 2 is 2.03 bits per heavy atom. The average molecular weight is 465 g/mol. The van der Waals surface area contributed by atoms with Crippen LogP contribution in [0.4, 0.5) is 5.69 Å². The first-order valence-corrected chi connectivity index (χ1v) is 11.8. The second-order valence-electron chi connectivity index (χ2n) is 9.04. The predicted molar refractivity (Wildman–Crippen MR) is 131 cm³/mol. The lowest BCUT2D eigenvalue weighted by atomic mass is 9.92. The SMILES string of the molecule is C=C(C)c1oc(C2CCC(C)N(C(=O)c3ccccc3N3N=CCC3CC)C2)nc1C(=O)OC. The third-order valence-electron chi connectivity index (χ3n) is 6.68. The molecule has 0 saturated carbocycles. The molecule has 8 heteroatoms. The predicted octanol–water partition coefficient (Wildman–Crippen LogP) is 4.88. The van der Waals surface area contributed by atoms with Gasteiger partial charge in [-0.3, -0.25) is 9.80 Å². The molecule has 4 rings (SSSR count). The van der Waals surface area contributed by atoms with Gasteiger partial charge in [-0.15, -0.1) is 0 Å². The second-order valence-corrected chi connectivity index (χ2v) is 9.04. The molecule has 0 N–H and O–H groups in total. The lowest BCUT2D eigenvalue weighted by Crippen LogP contribution is -2.45. The molecule has 0 spiro atoms. The van der Waals surface area contributed by atoms with E-state index in [9.17, 15) is 9.59 Å². The number of rotatable bonds is 6. The summed E-state index contributed by atoms with van der Waals surface area (Å²) in [4.78, 5) is 32.3. The van der Waals surface area contributed by atoms with Crippen molar-refractivity contribution in [2.45, 2.75) is 64.5 Å². The Labute approximate surface area is 200 Å². The van der Waals surface area contributed by atoms with Gasteiger partial charge in [-0.25, -0.2) is 9.78 Å². The monoisotopic (exact) mass is 464 g/mol. The molecule has 1 aromatic carbocycles. The number of para-hydroxylation sites is 1. The Balaban J connectivity index is 1.62. The molecule has 2 aliphatic heterocycles. The zero-order valence-corrected chi connectivity index (χ0v) is 20.3. The molecule has 3 unspecified atom stereocenters. The number of esters is 1. The van der Waals surface area contributed by atoms with Crippen LogP contribution in [0.1, 0.15) is 84.9 Å². The highest BCUT2D eigenvalue weighted by atomic mass is 16.5. The minimum atomic E-state index is -0.560. The number of amides is 1. The molecule has 1 aromatic heterocycles. The fourth-order valence-electron chi connectivity index (χ4n) is 4.69. The molecular weight excluding hydrogens is 432 g/mol. The number of hydrogen-bond acceptors (Lipinski definition) is 7. The van der Waals surface area contributed by atoms with Crippen molar-refractivity contribution in [1.82, 2.24) is 9.88 Å². The summed E-state index contributed by atoms with van der Waals surface area (Å²) in [6.07, 6.45) is 5.34. The van der Waals surface area contributed by atoms with E-state index in [0.29, 0.717) is 29.3 Å². The van der Waals surface area contributed by atoms with Gasteiger partial charge in [0.05, 0.1) is 30.3 Å². The molecular formula is C26H32N4O4. The molecule has 2 aliphatic rings. The second kappa shape index (κ2) is 9.83. The van der Waals surface area contributed by atoms with Crippen molar-refractivity contribution < 1.29 is 18.7 Å². The number of carbonyl (C=O) groups excluding carboxylic acids is 2. The van der Waals surface area contributed by atoms with Gasteiger partial charge < -0.3 is 14.1 Å². The van der Waals surface area contributed by atoms with Crippen LogP contribution in [0.25, 0.3) is 5.57 Å². The van der Waals surface area contributed by atoms with Gasteiger partial charge >= 0.3 is 5.97 Å². The van der Waals surface area contributed by atoms with Crippen molar-refractivity contribution >= 4 is 29.4 Å². The van der Waals surface area contributed by atoms with Gasteiger partial charge in [0.2, 0.25) is 5.89 Å². The minimum absolute atomic E-state index is 0.0374. The fourth-order valence-corrected chi connectivity index (χ4v) is 4.69. The van der Waals surface area contributed by atoms with Crippen molar-refractivity contribution in [3.05, 3.63) is 53.8 Å². The highest BCUT2D eigenvalue weighted by molar-refractivity contribution is 6.00. The largest absolute Gasteiger partial charge is 0.464 e. The summed E-state index contributed by atoms with van der Waals surface area (Å²) in [6.45, 7) is 10.3. The van der Waals surface area contributed by atoms with Crippen molar-refractivity contribution in [3.8, 4) is 0 Å². The van der Waals surface area contributed by atoms with Crippen molar-refractivity contribution in [1.29, 1.82) is 0 Å². The number of nitrogens with zero attached hydrogens (tertiary/aromatic N) is 4. The Morgan fingerprint density at radius 3 is 2.74 bits per heavy atom. The maximum atomic E-state index is 13.8. The maximum absolute atomic E-state index is 13.8. The van der Waals surface area contributed by atoms with E-state index in [1.807, 2.05) is 40.4 Å². The summed E-state index contributed by atoms with van der Waals surface area (Å²) >= 11 is 0. The molecule has 8 nitrogen and oxygen atoms in total. The van der Waals surface area contributed by atoms with E-state index in [2.05, 4.69) is 30.5 Å². The average Bonchev–Trinajstić information content (AvgIpc) is 3.51. The number of oxazole rings is 1. The van der Waals surface area contributed by atoms with E-state index in [0.717, 1.165) is 31.4 Å². The van der Waals surface area contributed by atoms with E-state index in [4.69, 9.17) is 9.15 Å². The van der Waals surface area contributed by atoms with Gasteiger partial charge in [0.1, 0.15) is 0 Å². The number of benzene rings is 1. The molecule has 1 fully saturated rings. The van der Waals surface area contributed by atoms with Crippen molar-refractivity contribution in [3.63, 3.8) is 0 Å². The number of anilines is 1. The minimum Gasteiger partial charge on any atom is -0.464 e. The first-order chi connectivity index (χ1) is 16.3. The molecule has 3 heterocycles. The fraction of sp³-hybridized carbons (Fsp3) is 0.462. The van der Waals surface area contributed by atoms with Gasteiger partial charge in [-0.2, -0.15) is 5.10 Å². The topological polar surface area (TPSA) is 88.2 Å². The van der Waals surface area contributed by atoms with E-state index >= 15 is 0 Å². The highest BCUT2D eigenvalue weighted by Crippen LogP contribution is 2.35. The van der Waals surface area contributed by atoms with E-state index in [1.165, 1.54) is 7.11 Å². The standard InChI is InChI=1S/C26H32N4O4/c1-6-19-13-14-27-30(19)21-10-8-7-9-20(21)25(31)29-15-18(12-11-17(29)4)24-28-22(26(32)33-5)23(34-24)16(2)3/h7-10,14,17-19H,2,6,11-13,15H2,1,3-5H3. The molecule has 0 aliphatic carbocycles. The summed E-state index contributed by atoms with van der Waals surface area (Å²) in [7, 11) is 1.31. The lowest BCUT2D eigenvalue weighted by molar-refractivity contribution is 0.0583. The van der Waals surface area contributed by atoms with Crippen LogP contribution < -0.4 is 5.01 Å². The molecule has 180 valence electrons. The maximum Gasteiger partial charge on any atom is 0.360 e. The third kappa shape index (κ3) is 4.36. The first-order valence-electron chi connectivity index (χ1n) is 11.8. The number of piperidine rings is 1. The Hall–Kier alpha value is -3.42. The number of aromatic nitrogens is 1. The Kier molecular flexibility index (Phi) is 6.86. The molecule has 0 bridgehead atoms. The zero-order valence-electron chi connectivity index (χ0n) is 20.3. The molecule has 1 amide bonds. The Bertz CT molecular complexity index is 1120. The van der Waals surface area contributed by atoms with Gasteiger partial charge in [-0.1, -0.05) is 25.6 Å². The molecule has 1 saturated heterocycles. The zero-order chi connectivity index (χ0) is 24.4. The van der Waals surface area contributed by atoms with Gasteiger partial charge in [-0.05, 0) is 50.8 Å². The quantitative estimate of drug-likeness (QED) is 0.567. The van der Waals surface area contributed by atoms with Crippen LogP contribution in [0.5, 0.6) is 0 Å². The number of allylic oxidation sites excluding steroid dienone is 1. The first kappa shape index (κ1) is 23.7. The van der Waals surface area contributed by atoms with Gasteiger partial charge in [0.25, 0.3) is 5.91 Å².